The Balaban J connectivity index is 2.10. The number of fused-ring (bicyclic) bond motifs is 1. The molecule has 0 spiro atoms. The summed E-state index contributed by atoms with van der Waals surface area (Å²) in [6.45, 7) is 9.85. The molecule has 2 saturated carbocycles. The average Bonchev–Trinajstić information content (AvgIpc) is 2.17. The molecule has 0 heteroatoms. The van der Waals surface area contributed by atoms with Crippen LogP contribution >= 0.6 is 0 Å². The van der Waals surface area contributed by atoms with Gasteiger partial charge in [0.05, 0.1) is 0 Å². The fourth-order valence-corrected chi connectivity index (χ4v) is 4.36. The van der Waals surface area contributed by atoms with E-state index < -0.39 is 0 Å². The molecule has 0 nitrogen and oxygen atoms in total. The zero-order valence-corrected chi connectivity index (χ0v) is 11.0. The van der Waals surface area contributed by atoms with Gasteiger partial charge in [-0.3, -0.25) is 0 Å². The molecule has 15 heavy (non-hydrogen) atoms. The van der Waals surface area contributed by atoms with Gasteiger partial charge in [-0.1, -0.05) is 40.5 Å². The van der Waals surface area contributed by atoms with Crippen molar-refractivity contribution in [3.8, 4) is 0 Å². The van der Waals surface area contributed by atoms with E-state index >= 15 is 0 Å². The SMILES string of the molecule is CC1CC[C@@H]2C(C)CC[C@H](C(C)C)[C@@H]2C1. The smallest absolute Gasteiger partial charge is 0.0350 e. The summed E-state index contributed by atoms with van der Waals surface area (Å²) in [4.78, 5) is 0. The molecule has 2 aliphatic rings. The maximum absolute atomic E-state index is 2.50. The van der Waals surface area contributed by atoms with Crippen molar-refractivity contribution < 1.29 is 0 Å². The number of rotatable bonds is 1. The third-order valence-electron chi connectivity index (χ3n) is 5.31. The van der Waals surface area contributed by atoms with Crippen LogP contribution in [0.5, 0.6) is 0 Å². The summed E-state index contributed by atoms with van der Waals surface area (Å²) < 4.78 is 0. The molecule has 0 bridgehead atoms. The third-order valence-corrected chi connectivity index (χ3v) is 5.31. The van der Waals surface area contributed by atoms with E-state index in [9.17, 15) is 0 Å². The molecule has 0 aromatic rings. The van der Waals surface area contributed by atoms with Crippen LogP contribution < -0.4 is 0 Å². The molecule has 88 valence electrons. The lowest BCUT2D eigenvalue weighted by Crippen LogP contribution is -2.39. The molecule has 0 saturated heterocycles. The van der Waals surface area contributed by atoms with E-state index in [1.54, 1.807) is 0 Å². The summed E-state index contributed by atoms with van der Waals surface area (Å²) in [7, 11) is 0. The Morgan fingerprint density at radius 3 is 2.27 bits per heavy atom. The molecule has 0 N–H and O–H groups in total. The summed E-state index contributed by atoms with van der Waals surface area (Å²) in [5.74, 6) is 6.10. The van der Waals surface area contributed by atoms with Gasteiger partial charge in [-0.2, -0.15) is 0 Å². The van der Waals surface area contributed by atoms with Crippen LogP contribution in [0.3, 0.4) is 0 Å². The van der Waals surface area contributed by atoms with Gasteiger partial charge in [-0.05, 0) is 54.8 Å². The third kappa shape index (κ3) is 2.24. The van der Waals surface area contributed by atoms with Gasteiger partial charge in [0.15, 0.2) is 0 Å². The zero-order valence-electron chi connectivity index (χ0n) is 11.0. The molecular weight excluding hydrogens is 180 g/mol. The van der Waals surface area contributed by atoms with Crippen molar-refractivity contribution in [2.24, 2.45) is 35.5 Å². The van der Waals surface area contributed by atoms with Gasteiger partial charge in [0, 0.05) is 0 Å². The maximum Gasteiger partial charge on any atom is -0.0350 e. The Kier molecular flexibility index (Phi) is 3.42. The average molecular weight is 208 g/mol. The number of hydrogen-bond acceptors (Lipinski definition) is 0. The van der Waals surface area contributed by atoms with Crippen LogP contribution in [0.1, 0.15) is 59.8 Å². The van der Waals surface area contributed by atoms with E-state index in [4.69, 9.17) is 0 Å². The highest BCUT2D eigenvalue weighted by atomic mass is 14.5. The quantitative estimate of drug-likeness (QED) is 0.584. The molecule has 5 atom stereocenters. The van der Waals surface area contributed by atoms with Crippen LogP contribution in [0.2, 0.25) is 0 Å². The van der Waals surface area contributed by atoms with E-state index in [2.05, 4.69) is 27.7 Å². The molecule has 0 radical (unpaired) electrons. The minimum absolute atomic E-state index is 0.912. The minimum Gasteiger partial charge on any atom is -0.0625 e. The van der Waals surface area contributed by atoms with Crippen molar-refractivity contribution in [1.29, 1.82) is 0 Å². The van der Waals surface area contributed by atoms with Crippen molar-refractivity contribution >= 4 is 0 Å². The number of hydrogen-bond donors (Lipinski definition) is 0. The topological polar surface area (TPSA) is 0 Å². The Hall–Kier alpha value is 0. The highest BCUT2D eigenvalue weighted by Crippen LogP contribution is 2.50. The second kappa shape index (κ2) is 4.47. The molecule has 0 heterocycles. The van der Waals surface area contributed by atoms with Gasteiger partial charge < -0.3 is 0 Å². The first-order valence-electron chi connectivity index (χ1n) is 7.09. The Labute approximate surface area is 95.8 Å². The van der Waals surface area contributed by atoms with Crippen LogP contribution in [-0.4, -0.2) is 0 Å². The van der Waals surface area contributed by atoms with Gasteiger partial charge in [-0.15, -0.1) is 0 Å². The lowest BCUT2D eigenvalue weighted by molar-refractivity contribution is 0.0182. The normalized spacial score (nSPS) is 46.6. The van der Waals surface area contributed by atoms with Gasteiger partial charge in [0.1, 0.15) is 0 Å². The van der Waals surface area contributed by atoms with Crippen molar-refractivity contribution in [1.82, 2.24) is 0 Å². The van der Waals surface area contributed by atoms with Crippen molar-refractivity contribution in [3.05, 3.63) is 0 Å². The highest BCUT2D eigenvalue weighted by Gasteiger charge is 2.41. The largest absolute Gasteiger partial charge is 0.0625 e. The monoisotopic (exact) mass is 208 g/mol. The Bertz CT molecular complexity index is 202. The standard InChI is InChI=1S/C15H28/c1-10(2)13-8-6-12(4)14-7-5-11(3)9-15(13)14/h10-15H,5-9H2,1-4H3/t11?,12?,13-,14-,15+/m1/s1. The second-order valence-corrected chi connectivity index (χ2v) is 6.71. The molecular formula is C15H28. The molecule has 0 aromatic heterocycles. The van der Waals surface area contributed by atoms with E-state index in [1.807, 2.05) is 0 Å². The van der Waals surface area contributed by atoms with Crippen LogP contribution in [-0.2, 0) is 0 Å². The fraction of sp³-hybridized carbons (Fsp3) is 1.00. The Morgan fingerprint density at radius 2 is 1.60 bits per heavy atom. The molecule has 0 aliphatic heterocycles. The molecule has 2 unspecified atom stereocenters. The van der Waals surface area contributed by atoms with Crippen LogP contribution in [0.4, 0.5) is 0 Å². The zero-order chi connectivity index (χ0) is 11.0. The van der Waals surface area contributed by atoms with E-state index in [0.717, 1.165) is 35.5 Å². The van der Waals surface area contributed by atoms with Crippen molar-refractivity contribution in [2.75, 3.05) is 0 Å². The van der Waals surface area contributed by atoms with Crippen LogP contribution in [0, 0.1) is 35.5 Å². The van der Waals surface area contributed by atoms with E-state index in [0.29, 0.717) is 0 Å². The van der Waals surface area contributed by atoms with Crippen molar-refractivity contribution in [3.63, 3.8) is 0 Å². The summed E-state index contributed by atoms with van der Waals surface area (Å²) in [5, 5.41) is 0. The van der Waals surface area contributed by atoms with E-state index in [1.165, 1.54) is 32.1 Å². The van der Waals surface area contributed by atoms with Crippen LogP contribution in [0.25, 0.3) is 0 Å². The first kappa shape index (κ1) is 11.5. The van der Waals surface area contributed by atoms with Crippen molar-refractivity contribution in [2.45, 2.75) is 59.8 Å². The van der Waals surface area contributed by atoms with E-state index in [-0.39, 0.29) is 0 Å². The predicted octanol–water partition coefficient (Wildman–Crippen LogP) is 4.74. The first-order chi connectivity index (χ1) is 7.09. The predicted molar refractivity (Wildman–Crippen MR) is 66.7 cm³/mol. The second-order valence-electron chi connectivity index (χ2n) is 6.71. The highest BCUT2D eigenvalue weighted by molar-refractivity contribution is 4.90. The lowest BCUT2D eigenvalue weighted by atomic mass is 9.57. The van der Waals surface area contributed by atoms with Gasteiger partial charge in [0.25, 0.3) is 0 Å². The molecule has 2 rings (SSSR count). The van der Waals surface area contributed by atoms with Gasteiger partial charge in [0.2, 0.25) is 0 Å². The first-order valence-corrected chi connectivity index (χ1v) is 7.09. The minimum atomic E-state index is 0.912. The van der Waals surface area contributed by atoms with Gasteiger partial charge >= 0.3 is 0 Å². The molecule has 2 fully saturated rings. The van der Waals surface area contributed by atoms with Crippen LogP contribution in [0.15, 0.2) is 0 Å². The maximum atomic E-state index is 2.50. The fourth-order valence-electron chi connectivity index (χ4n) is 4.36. The summed E-state index contributed by atoms with van der Waals surface area (Å²) in [5.41, 5.74) is 0. The summed E-state index contributed by atoms with van der Waals surface area (Å²) in [6, 6.07) is 0. The van der Waals surface area contributed by atoms with Gasteiger partial charge in [-0.25, -0.2) is 0 Å². The Morgan fingerprint density at radius 1 is 0.867 bits per heavy atom. The summed E-state index contributed by atoms with van der Waals surface area (Å²) >= 11 is 0. The lowest BCUT2D eigenvalue weighted by Gasteiger charge is -2.48. The molecule has 2 aliphatic carbocycles. The molecule has 0 amide bonds. The molecule has 0 aromatic carbocycles. The summed E-state index contributed by atoms with van der Waals surface area (Å²) in [6.07, 6.45) is 7.55.